The molecule has 3 aromatic rings. The topological polar surface area (TPSA) is 63.2 Å². The van der Waals surface area contributed by atoms with E-state index >= 15 is 0 Å². The fourth-order valence-corrected chi connectivity index (χ4v) is 2.43. The Hall–Kier alpha value is -3.29. The van der Waals surface area contributed by atoms with Crippen LogP contribution in [0, 0.1) is 0 Å². The van der Waals surface area contributed by atoms with Gasteiger partial charge in [-0.25, -0.2) is 4.79 Å². The lowest BCUT2D eigenvalue weighted by molar-refractivity contribution is -0.137. The van der Waals surface area contributed by atoms with Gasteiger partial charge in [0.25, 0.3) is 0 Å². The third kappa shape index (κ3) is 5.10. The molecule has 0 aliphatic carbocycles. The predicted octanol–water partition coefficient (Wildman–Crippen LogP) is 4.45. The normalized spacial score (nSPS) is 11.2. The van der Waals surface area contributed by atoms with Crippen LogP contribution in [0.1, 0.15) is 5.56 Å². The van der Waals surface area contributed by atoms with Gasteiger partial charge in [0.05, 0.1) is 17.6 Å². The van der Waals surface area contributed by atoms with Gasteiger partial charge in [-0.1, -0.05) is 12.1 Å². The first-order valence-electron chi connectivity index (χ1n) is 8.11. The van der Waals surface area contributed by atoms with Crippen molar-refractivity contribution in [3.05, 3.63) is 66.4 Å². The second-order valence-electron chi connectivity index (χ2n) is 5.67. The zero-order valence-corrected chi connectivity index (χ0v) is 14.1. The van der Waals surface area contributed by atoms with E-state index in [2.05, 4.69) is 15.6 Å². The van der Waals surface area contributed by atoms with Crippen molar-refractivity contribution in [3.63, 3.8) is 0 Å². The molecular formula is C19H16F3N3O2. The molecule has 0 aliphatic heterocycles. The Bertz CT molecular complexity index is 945. The largest absolute Gasteiger partial charge is 0.492 e. The van der Waals surface area contributed by atoms with Crippen molar-refractivity contribution in [3.8, 4) is 5.75 Å². The van der Waals surface area contributed by atoms with E-state index in [1.807, 2.05) is 24.3 Å². The van der Waals surface area contributed by atoms with Crippen LogP contribution in [-0.4, -0.2) is 24.2 Å². The summed E-state index contributed by atoms with van der Waals surface area (Å²) in [5.74, 6) is 0.635. The second-order valence-corrected chi connectivity index (χ2v) is 5.67. The monoisotopic (exact) mass is 375 g/mol. The van der Waals surface area contributed by atoms with Crippen molar-refractivity contribution in [1.82, 2.24) is 10.3 Å². The summed E-state index contributed by atoms with van der Waals surface area (Å²) in [6, 6.07) is 13.0. The summed E-state index contributed by atoms with van der Waals surface area (Å²) < 4.78 is 43.6. The highest BCUT2D eigenvalue weighted by atomic mass is 19.4. The summed E-state index contributed by atoms with van der Waals surface area (Å²) in [5, 5.41) is 5.83. The van der Waals surface area contributed by atoms with Crippen LogP contribution >= 0.6 is 0 Å². The molecule has 3 rings (SSSR count). The maximum absolute atomic E-state index is 12.7. The number of nitrogens with one attached hydrogen (secondary N) is 2. The van der Waals surface area contributed by atoms with E-state index in [4.69, 9.17) is 4.74 Å². The molecule has 0 saturated heterocycles. The minimum Gasteiger partial charge on any atom is -0.492 e. The van der Waals surface area contributed by atoms with E-state index in [-0.39, 0.29) is 18.8 Å². The third-order valence-corrected chi connectivity index (χ3v) is 3.68. The average Bonchev–Trinajstić information content (AvgIpc) is 2.65. The zero-order valence-electron chi connectivity index (χ0n) is 14.1. The highest BCUT2D eigenvalue weighted by Crippen LogP contribution is 2.30. The summed E-state index contributed by atoms with van der Waals surface area (Å²) >= 11 is 0. The van der Waals surface area contributed by atoms with Crippen LogP contribution in [0.25, 0.3) is 10.9 Å². The number of aromatic nitrogens is 1. The maximum atomic E-state index is 12.7. The molecule has 0 fully saturated rings. The number of carbonyl (C=O) groups excluding carboxylic acids is 1. The Morgan fingerprint density at radius 1 is 1.07 bits per heavy atom. The van der Waals surface area contributed by atoms with Crippen LogP contribution in [0.5, 0.6) is 5.75 Å². The van der Waals surface area contributed by atoms with E-state index in [0.29, 0.717) is 5.75 Å². The first kappa shape index (κ1) is 18.5. The lowest BCUT2D eigenvalue weighted by Gasteiger charge is -2.11. The molecule has 0 unspecified atom stereocenters. The lowest BCUT2D eigenvalue weighted by Crippen LogP contribution is -2.32. The van der Waals surface area contributed by atoms with Crippen LogP contribution in [0.3, 0.4) is 0 Å². The molecule has 140 valence electrons. The van der Waals surface area contributed by atoms with Crippen molar-refractivity contribution < 1.29 is 22.7 Å². The third-order valence-electron chi connectivity index (χ3n) is 3.68. The SMILES string of the molecule is O=C(NCCOc1ccc2ncccc2c1)Nc1cccc(C(F)(F)F)c1. The molecule has 0 aliphatic rings. The van der Waals surface area contributed by atoms with Gasteiger partial charge in [-0.05, 0) is 42.5 Å². The Morgan fingerprint density at radius 3 is 2.74 bits per heavy atom. The van der Waals surface area contributed by atoms with E-state index in [0.717, 1.165) is 23.0 Å². The maximum Gasteiger partial charge on any atom is 0.416 e. The number of fused-ring (bicyclic) bond motifs is 1. The molecule has 0 atom stereocenters. The number of carbonyl (C=O) groups is 1. The summed E-state index contributed by atoms with van der Waals surface area (Å²) in [4.78, 5) is 16.0. The lowest BCUT2D eigenvalue weighted by atomic mass is 10.2. The van der Waals surface area contributed by atoms with Gasteiger partial charge in [-0.2, -0.15) is 13.2 Å². The Morgan fingerprint density at radius 2 is 1.93 bits per heavy atom. The fraction of sp³-hybridized carbons (Fsp3) is 0.158. The number of pyridine rings is 1. The van der Waals surface area contributed by atoms with Crippen molar-refractivity contribution in [2.24, 2.45) is 0 Å². The standard InChI is InChI=1S/C19H16F3N3O2/c20-19(21,22)14-4-1-5-15(12-14)25-18(26)24-9-10-27-16-6-7-17-13(11-16)3-2-8-23-17/h1-8,11-12H,9-10H2,(H2,24,25,26). The van der Waals surface area contributed by atoms with Crippen molar-refractivity contribution in [1.29, 1.82) is 0 Å². The highest BCUT2D eigenvalue weighted by Gasteiger charge is 2.30. The number of anilines is 1. The van der Waals surface area contributed by atoms with Gasteiger partial charge < -0.3 is 15.4 Å². The predicted molar refractivity (Wildman–Crippen MR) is 95.7 cm³/mol. The summed E-state index contributed by atoms with van der Waals surface area (Å²) in [7, 11) is 0. The summed E-state index contributed by atoms with van der Waals surface area (Å²) in [6.45, 7) is 0.400. The van der Waals surface area contributed by atoms with Crippen molar-refractivity contribution in [2.75, 3.05) is 18.5 Å². The molecule has 1 aromatic heterocycles. The molecular weight excluding hydrogens is 359 g/mol. The quantitative estimate of drug-likeness (QED) is 0.648. The highest BCUT2D eigenvalue weighted by molar-refractivity contribution is 5.89. The first-order valence-corrected chi connectivity index (χ1v) is 8.11. The van der Waals surface area contributed by atoms with Gasteiger partial charge in [-0.3, -0.25) is 4.98 Å². The number of nitrogens with zero attached hydrogens (tertiary/aromatic N) is 1. The molecule has 1 heterocycles. The Balaban J connectivity index is 1.47. The smallest absolute Gasteiger partial charge is 0.416 e. The summed E-state index contributed by atoms with van der Waals surface area (Å²) in [5.41, 5.74) is 0.0862. The minimum absolute atomic E-state index is 0.0604. The van der Waals surface area contributed by atoms with Crippen molar-refractivity contribution >= 4 is 22.6 Å². The second kappa shape index (κ2) is 7.94. The summed E-state index contributed by atoms with van der Waals surface area (Å²) in [6.07, 6.45) is -2.76. The molecule has 27 heavy (non-hydrogen) atoms. The van der Waals surface area contributed by atoms with Gasteiger partial charge in [-0.15, -0.1) is 0 Å². The number of halogens is 3. The molecule has 0 saturated carbocycles. The molecule has 0 spiro atoms. The number of ether oxygens (including phenoxy) is 1. The zero-order chi connectivity index (χ0) is 19.3. The van der Waals surface area contributed by atoms with E-state index in [1.165, 1.54) is 12.1 Å². The fourth-order valence-electron chi connectivity index (χ4n) is 2.43. The van der Waals surface area contributed by atoms with E-state index in [1.54, 1.807) is 12.3 Å². The average molecular weight is 375 g/mol. The van der Waals surface area contributed by atoms with Crippen LogP contribution in [0.15, 0.2) is 60.8 Å². The van der Waals surface area contributed by atoms with Gasteiger partial charge in [0.15, 0.2) is 0 Å². The van der Waals surface area contributed by atoms with Crippen LogP contribution in [0.2, 0.25) is 0 Å². The Labute approximate surface area is 153 Å². The molecule has 2 N–H and O–H groups in total. The molecule has 2 amide bonds. The number of urea groups is 1. The van der Waals surface area contributed by atoms with Gasteiger partial charge in [0.1, 0.15) is 12.4 Å². The molecule has 5 nitrogen and oxygen atoms in total. The van der Waals surface area contributed by atoms with Gasteiger partial charge >= 0.3 is 12.2 Å². The van der Waals surface area contributed by atoms with Crippen LogP contribution in [-0.2, 0) is 6.18 Å². The van der Waals surface area contributed by atoms with E-state index in [9.17, 15) is 18.0 Å². The number of amides is 2. The minimum atomic E-state index is -4.46. The molecule has 2 aromatic carbocycles. The first-order chi connectivity index (χ1) is 12.9. The molecule has 0 radical (unpaired) electrons. The van der Waals surface area contributed by atoms with Crippen LogP contribution in [0.4, 0.5) is 23.7 Å². The van der Waals surface area contributed by atoms with E-state index < -0.39 is 17.8 Å². The Kier molecular flexibility index (Phi) is 5.44. The number of benzene rings is 2. The van der Waals surface area contributed by atoms with Crippen LogP contribution < -0.4 is 15.4 Å². The number of rotatable bonds is 5. The number of alkyl halides is 3. The van der Waals surface area contributed by atoms with Gasteiger partial charge in [0.2, 0.25) is 0 Å². The van der Waals surface area contributed by atoms with Crippen molar-refractivity contribution in [2.45, 2.75) is 6.18 Å². The number of hydrogen-bond acceptors (Lipinski definition) is 3. The molecule has 0 bridgehead atoms. The molecule has 8 heteroatoms. The number of hydrogen-bond donors (Lipinski definition) is 2. The van der Waals surface area contributed by atoms with Gasteiger partial charge in [0, 0.05) is 17.3 Å².